The number of ether oxygens (including phenoxy) is 2. The summed E-state index contributed by atoms with van der Waals surface area (Å²) >= 11 is 0. The molecule has 1 aromatic carbocycles. The van der Waals surface area contributed by atoms with E-state index in [-0.39, 0.29) is 17.9 Å². The minimum Gasteiger partial charge on any atom is -0.497 e. The molecule has 0 heterocycles. The minimum absolute atomic E-state index is 0.246. The fourth-order valence-corrected chi connectivity index (χ4v) is 1.96. The zero-order chi connectivity index (χ0) is 16.0. The van der Waals surface area contributed by atoms with Gasteiger partial charge in [0.05, 0.1) is 20.3 Å². The van der Waals surface area contributed by atoms with Gasteiger partial charge in [-0.2, -0.15) is 0 Å². The number of rotatable bonds is 6. The average Bonchev–Trinajstić information content (AvgIpc) is 2.45. The van der Waals surface area contributed by atoms with E-state index in [2.05, 4.69) is 10.6 Å². The highest BCUT2D eigenvalue weighted by atomic mass is 16.5. The number of carbonyl (C=O) groups excluding carboxylic acids is 2. The van der Waals surface area contributed by atoms with Gasteiger partial charge in [0.1, 0.15) is 17.5 Å². The molecule has 2 atom stereocenters. The van der Waals surface area contributed by atoms with Crippen molar-refractivity contribution >= 4 is 11.8 Å². The Balaban J connectivity index is 2.85. The number of nitrogens with one attached hydrogen (secondary N) is 2. The molecule has 0 aliphatic heterocycles. The number of methoxy groups -OCH3 is 2. The van der Waals surface area contributed by atoms with E-state index in [0.717, 1.165) is 5.56 Å². The molecule has 2 N–H and O–H groups in total. The third-order valence-corrected chi connectivity index (χ3v) is 3.08. The minimum atomic E-state index is -0.596. The lowest BCUT2D eigenvalue weighted by molar-refractivity contribution is -0.128. The van der Waals surface area contributed by atoms with E-state index in [4.69, 9.17) is 9.47 Å². The van der Waals surface area contributed by atoms with Gasteiger partial charge in [0.25, 0.3) is 0 Å². The van der Waals surface area contributed by atoms with Crippen LogP contribution in [-0.4, -0.2) is 32.1 Å². The van der Waals surface area contributed by atoms with Crippen molar-refractivity contribution in [3.8, 4) is 11.5 Å². The van der Waals surface area contributed by atoms with E-state index in [9.17, 15) is 9.59 Å². The maximum Gasteiger partial charge on any atom is 0.242 e. The summed E-state index contributed by atoms with van der Waals surface area (Å²) in [5.74, 6) is 0.837. The van der Waals surface area contributed by atoms with Crippen molar-refractivity contribution in [2.24, 2.45) is 0 Å². The number of amides is 2. The second-order valence-corrected chi connectivity index (χ2v) is 4.76. The Morgan fingerprint density at radius 1 is 1.10 bits per heavy atom. The number of hydrogen-bond acceptors (Lipinski definition) is 4. The van der Waals surface area contributed by atoms with Gasteiger partial charge < -0.3 is 20.1 Å². The van der Waals surface area contributed by atoms with Gasteiger partial charge in [0, 0.05) is 12.5 Å². The van der Waals surface area contributed by atoms with E-state index in [1.165, 1.54) is 6.92 Å². The van der Waals surface area contributed by atoms with Gasteiger partial charge in [-0.25, -0.2) is 0 Å². The number of benzene rings is 1. The van der Waals surface area contributed by atoms with Gasteiger partial charge in [-0.05, 0) is 32.0 Å². The lowest BCUT2D eigenvalue weighted by atomic mass is 10.1. The maximum atomic E-state index is 12.0. The first-order valence-corrected chi connectivity index (χ1v) is 6.68. The van der Waals surface area contributed by atoms with E-state index < -0.39 is 6.04 Å². The van der Waals surface area contributed by atoms with Gasteiger partial charge in [0.2, 0.25) is 11.8 Å². The molecule has 2 amide bonds. The molecule has 0 fully saturated rings. The summed E-state index contributed by atoms with van der Waals surface area (Å²) in [4.78, 5) is 23.0. The molecular formula is C15H22N2O4. The van der Waals surface area contributed by atoms with Crippen LogP contribution in [0.4, 0.5) is 0 Å². The van der Waals surface area contributed by atoms with Crippen LogP contribution in [-0.2, 0) is 9.59 Å². The van der Waals surface area contributed by atoms with Crippen molar-refractivity contribution in [1.29, 1.82) is 0 Å². The standard InChI is InChI=1S/C15H22N2O4/c1-9(17-15(19)10(2)16-11(3)18)13-8-12(20-4)6-7-14(13)21-5/h6-10H,1-5H3,(H,16,18)(H,17,19). The molecule has 2 unspecified atom stereocenters. The fourth-order valence-electron chi connectivity index (χ4n) is 1.96. The average molecular weight is 294 g/mol. The van der Waals surface area contributed by atoms with Gasteiger partial charge >= 0.3 is 0 Å². The predicted octanol–water partition coefficient (Wildman–Crippen LogP) is 1.41. The molecule has 0 saturated carbocycles. The third kappa shape index (κ3) is 4.66. The van der Waals surface area contributed by atoms with Crippen LogP contribution >= 0.6 is 0 Å². The van der Waals surface area contributed by atoms with Crippen LogP contribution in [0.15, 0.2) is 18.2 Å². The van der Waals surface area contributed by atoms with Gasteiger partial charge in [-0.3, -0.25) is 9.59 Å². The second-order valence-electron chi connectivity index (χ2n) is 4.76. The highest BCUT2D eigenvalue weighted by Gasteiger charge is 2.19. The summed E-state index contributed by atoms with van der Waals surface area (Å²) in [5, 5.41) is 5.38. The maximum absolute atomic E-state index is 12.0. The Morgan fingerprint density at radius 2 is 1.76 bits per heavy atom. The molecule has 6 nitrogen and oxygen atoms in total. The first-order valence-electron chi connectivity index (χ1n) is 6.68. The normalized spacial score (nSPS) is 13.0. The summed E-state index contributed by atoms with van der Waals surface area (Å²) < 4.78 is 10.5. The largest absolute Gasteiger partial charge is 0.497 e. The monoisotopic (exact) mass is 294 g/mol. The Bertz CT molecular complexity index is 516. The first-order chi connectivity index (χ1) is 9.88. The lowest BCUT2D eigenvalue weighted by Crippen LogP contribution is -2.44. The Kier molecular flexibility index (Phi) is 6.02. The number of hydrogen-bond donors (Lipinski definition) is 2. The summed E-state index contributed by atoms with van der Waals surface area (Å²) in [6.45, 7) is 4.85. The van der Waals surface area contributed by atoms with Gasteiger partial charge in [-0.15, -0.1) is 0 Å². The van der Waals surface area contributed by atoms with Crippen LogP contribution in [0.1, 0.15) is 32.4 Å². The van der Waals surface area contributed by atoms with E-state index in [0.29, 0.717) is 11.5 Å². The van der Waals surface area contributed by atoms with Gasteiger partial charge in [0.15, 0.2) is 0 Å². The quantitative estimate of drug-likeness (QED) is 0.831. The Morgan fingerprint density at radius 3 is 2.29 bits per heavy atom. The molecule has 0 aromatic heterocycles. The topological polar surface area (TPSA) is 76.7 Å². The smallest absolute Gasteiger partial charge is 0.242 e. The molecule has 0 aliphatic carbocycles. The van der Waals surface area contributed by atoms with Crippen molar-refractivity contribution in [3.63, 3.8) is 0 Å². The molecule has 0 aliphatic rings. The molecule has 116 valence electrons. The molecule has 1 rings (SSSR count). The van der Waals surface area contributed by atoms with E-state index in [1.807, 2.05) is 13.0 Å². The van der Waals surface area contributed by atoms with Crippen molar-refractivity contribution < 1.29 is 19.1 Å². The molecular weight excluding hydrogens is 272 g/mol. The molecule has 21 heavy (non-hydrogen) atoms. The van der Waals surface area contributed by atoms with Crippen LogP contribution < -0.4 is 20.1 Å². The van der Waals surface area contributed by atoms with Crippen LogP contribution in [0.2, 0.25) is 0 Å². The second kappa shape index (κ2) is 7.52. The van der Waals surface area contributed by atoms with Crippen molar-refractivity contribution in [2.75, 3.05) is 14.2 Å². The van der Waals surface area contributed by atoms with Crippen LogP contribution in [0, 0.1) is 0 Å². The predicted molar refractivity (Wildman–Crippen MR) is 79.4 cm³/mol. The van der Waals surface area contributed by atoms with Crippen molar-refractivity contribution in [1.82, 2.24) is 10.6 Å². The zero-order valence-electron chi connectivity index (χ0n) is 13.0. The molecule has 0 spiro atoms. The SMILES string of the molecule is COc1ccc(OC)c(C(C)NC(=O)C(C)NC(C)=O)c1. The van der Waals surface area contributed by atoms with Crippen LogP contribution in [0.25, 0.3) is 0 Å². The fraction of sp³-hybridized carbons (Fsp3) is 0.467. The zero-order valence-corrected chi connectivity index (χ0v) is 13.0. The van der Waals surface area contributed by atoms with Crippen molar-refractivity contribution in [2.45, 2.75) is 32.9 Å². The summed E-state index contributed by atoms with van der Waals surface area (Å²) in [6, 6.07) is 4.51. The van der Waals surface area contributed by atoms with Crippen LogP contribution in [0.3, 0.4) is 0 Å². The van der Waals surface area contributed by atoms with Gasteiger partial charge in [-0.1, -0.05) is 0 Å². The molecule has 0 radical (unpaired) electrons. The summed E-state index contributed by atoms with van der Waals surface area (Å²) in [5.41, 5.74) is 0.806. The molecule has 6 heteroatoms. The molecule has 1 aromatic rings. The molecule has 0 bridgehead atoms. The third-order valence-electron chi connectivity index (χ3n) is 3.08. The van der Waals surface area contributed by atoms with E-state index in [1.54, 1.807) is 33.3 Å². The lowest BCUT2D eigenvalue weighted by Gasteiger charge is -2.20. The van der Waals surface area contributed by atoms with Crippen molar-refractivity contribution in [3.05, 3.63) is 23.8 Å². The highest BCUT2D eigenvalue weighted by molar-refractivity contribution is 5.86. The first kappa shape index (κ1) is 16.8. The number of carbonyl (C=O) groups is 2. The van der Waals surface area contributed by atoms with E-state index >= 15 is 0 Å². The highest BCUT2D eigenvalue weighted by Crippen LogP contribution is 2.29. The Labute approximate surface area is 124 Å². The summed E-state index contributed by atoms with van der Waals surface area (Å²) in [6.07, 6.45) is 0. The Hall–Kier alpha value is -2.24. The summed E-state index contributed by atoms with van der Waals surface area (Å²) in [7, 11) is 3.15. The van der Waals surface area contributed by atoms with Crippen LogP contribution in [0.5, 0.6) is 11.5 Å². The molecule has 0 saturated heterocycles.